The molecule has 3 amide bonds. The predicted octanol–water partition coefficient (Wildman–Crippen LogP) is 2.26. The van der Waals surface area contributed by atoms with Crippen LogP contribution in [0.4, 0.5) is 4.79 Å². The summed E-state index contributed by atoms with van der Waals surface area (Å²) in [6, 6.07) is 0. The van der Waals surface area contributed by atoms with E-state index in [2.05, 4.69) is 5.32 Å². The van der Waals surface area contributed by atoms with Gasteiger partial charge in [0.05, 0.1) is 16.9 Å². The van der Waals surface area contributed by atoms with E-state index in [-0.39, 0.29) is 47.2 Å². The lowest BCUT2D eigenvalue weighted by Gasteiger charge is -2.13. The molecule has 2 aliphatic rings. The van der Waals surface area contributed by atoms with Crippen LogP contribution in [0.2, 0.25) is 0 Å². The summed E-state index contributed by atoms with van der Waals surface area (Å²) in [7, 11) is 0. The van der Waals surface area contributed by atoms with E-state index >= 15 is 0 Å². The van der Waals surface area contributed by atoms with E-state index in [1.807, 2.05) is 6.92 Å². The number of nitrogens with zero attached hydrogens (tertiary/aromatic N) is 3. The predicted molar refractivity (Wildman–Crippen MR) is 119 cm³/mol. The van der Waals surface area contributed by atoms with Crippen molar-refractivity contribution in [2.24, 2.45) is 0 Å². The summed E-state index contributed by atoms with van der Waals surface area (Å²) in [6.45, 7) is 2.78. The molecule has 0 aromatic carbocycles. The third-order valence-electron chi connectivity index (χ3n) is 5.19. The van der Waals surface area contributed by atoms with Gasteiger partial charge in [0.2, 0.25) is 11.8 Å². The molecule has 1 saturated heterocycles. The third kappa shape index (κ3) is 4.15. The Bertz CT molecular complexity index is 1060. The average molecular weight is 467 g/mol. The molecular formula is C19H22N4O4S3. The lowest BCUT2D eigenvalue weighted by Crippen LogP contribution is -2.38. The molecule has 1 fully saturated rings. The van der Waals surface area contributed by atoms with Crippen LogP contribution in [0.5, 0.6) is 0 Å². The molecule has 8 nitrogen and oxygen atoms in total. The van der Waals surface area contributed by atoms with Gasteiger partial charge in [-0.15, -0.1) is 11.3 Å². The standard InChI is InChI=1S/C19H22N4O4S3/c1-2-22-17(26)15-11-5-3-4-6-12(11)30-16(15)21-18(22)28-9-13(24)20-7-8-23-14(25)10-29-19(23)27/h2-10H2,1H3,(H,20,24). The zero-order chi connectivity index (χ0) is 21.3. The maximum Gasteiger partial charge on any atom is 0.288 e. The number of rotatable bonds is 7. The monoisotopic (exact) mass is 466 g/mol. The second kappa shape index (κ2) is 9.11. The summed E-state index contributed by atoms with van der Waals surface area (Å²) in [4.78, 5) is 56.4. The number of thiophene rings is 1. The molecule has 0 unspecified atom stereocenters. The molecule has 0 spiro atoms. The molecule has 0 radical (unpaired) electrons. The van der Waals surface area contributed by atoms with Crippen molar-refractivity contribution in [2.75, 3.05) is 24.6 Å². The van der Waals surface area contributed by atoms with Crippen LogP contribution < -0.4 is 10.9 Å². The number of thioether (sulfide) groups is 2. The van der Waals surface area contributed by atoms with Gasteiger partial charge in [0.15, 0.2) is 5.16 Å². The first-order valence-corrected chi connectivity index (χ1v) is 12.7. The van der Waals surface area contributed by atoms with Crippen molar-refractivity contribution in [3.05, 3.63) is 20.8 Å². The Morgan fingerprint density at radius 3 is 2.77 bits per heavy atom. The van der Waals surface area contributed by atoms with Crippen LogP contribution in [0.1, 0.15) is 30.2 Å². The smallest absolute Gasteiger partial charge is 0.288 e. The van der Waals surface area contributed by atoms with Gasteiger partial charge in [-0.25, -0.2) is 4.98 Å². The number of imide groups is 1. The largest absolute Gasteiger partial charge is 0.354 e. The number of nitrogens with one attached hydrogen (secondary N) is 1. The van der Waals surface area contributed by atoms with Crippen LogP contribution in [0, 0.1) is 0 Å². The van der Waals surface area contributed by atoms with Crippen molar-refractivity contribution < 1.29 is 14.4 Å². The average Bonchev–Trinajstić information content (AvgIpc) is 3.26. The number of carbonyl (C=O) groups excluding carboxylic acids is 3. The first kappa shape index (κ1) is 21.4. The van der Waals surface area contributed by atoms with Crippen LogP contribution >= 0.6 is 34.9 Å². The van der Waals surface area contributed by atoms with Crippen molar-refractivity contribution >= 4 is 62.1 Å². The second-order valence-electron chi connectivity index (χ2n) is 7.07. The fourth-order valence-electron chi connectivity index (χ4n) is 3.69. The van der Waals surface area contributed by atoms with Crippen LogP contribution in [-0.4, -0.2) is 56.1 Å². The van der Waals surface area contributed by atoms with E-state index in [4.69, 9.17) is 4.98 Å². The van der Waals surface area contributed by atoms with E-state index in [1.165, 1.54) is 22.2 Å². The van der Waals surface area contributed by atoms with E-state index in [0.29, 0.717) is 11.7 Å². The maximum atomic E-state index is 13.1. The number of aryl methyl sites for hydroxylation is 2. The normalized spacial score (nSPS) is 16.4. The second-order valence-corrected chi connectivity index (χ2v) is 10.0. The van der Waals surface area contributed by atoms with E-state index in [0.717, 1.165) is 52.6 Å². The molecule has 1 aliphatic heterocycles. The van der Waals surface area contributed by atoms with Crippen LogP contribution in [-0.2, 0) is 29.0 Å². The highest BCUT2D eigenvalue weighted by molar-refractivity contribution is 8.14. The lowest BCUT2D eigenvalue weighted by atomic mass is 9.97. The number of hydrogen-bond donors (Lipinski definition) is 1. The number of carbonyl (C=O) groups is 3. The Hall–Kier alpha value is -1.85. The van der Waals surface area contributed by atoms with Gasteiger partial charge in [0, 0.05) is 24.5 Å². The van der Waals surface area contributed by atoms with Gasteiger partial charge in [-0.05, 0) is 38.2 Å². The Morgan fingerprint density at radius 1 is 1.23 bits per heavy atom. The number of fused-ring (bicyclic) bond motifs is 3. The molecule has 0 saturated carbocycles. The van der Waals surface area contributed by atoms with Crippen molar-refractivity contribution in [2.45, 2.75) is 44.3 Å². The summed E-state index contributed by atoms with van der Waals surface area (Å²) in [6.07, 6.45) is 4.20. The first-order chi connectivity index (χ1) is 14.5. The molecule has 11 heteroatoms. The minimum Gasteiger partial charge on any atom is -0.354 e. The van der Waals surface area contributed by atoms with Crippen LogP contribution in [0.3, 0.4) is 0 Å². The SMILES string of the molecule is CCn1c(SCC(=O)NCCN2C(=O)CSC2=O)nc2sc3c(c2c1=O)CCCC3. The van der Waals surface area contributed by atoms with Gasteiger partial charge in [-0.3, -0.25) is 28.6 Å². The van der Waals surface area contributed by atoms with E-state index in [1.54, 1.807) is 15.9 Å². The summed E-state index contributed by atoms with van der Waals surface area (Å²) < 4.78 is 1.64. The maximum absolute atomic E-state index is 13.1. The van der Waals surface area contributed by atoms with E-state index < -0.39 is 0 Å². The van der Waals surface area contributed by atoms with Crippen molar-refractivity contribution in [3.63, 3.8) is 0 Å². The lowest BCUT2D eigenvalue weighted by molar-refractivity contribution is -0.125. The fourth-order valence-corrected chi connectivity index (χ4v) is 6.64. The Morgan fingerprint density at radius 2 is 2.03 bits per heavy atom. The summed E-state index contributed by atoms with van der Waals surface area (Å²) in [5, 5.41) is 3.75. The van der Waals surface area contributed by atoms with Crippen molar-refractivity contribution in [1.29, 1.82) is 0 Å². The molecule has 30 heavy (non-hydrogen) atoms. The third-order valence-corrected chi connectivity index (χ3v) is 8.21. The van der Waals surface area contributed by atoms with Gasteiger partial charge >= 0.3 is 0 Å². The molecule has 2 aromatic rings. The van der Waals surface area contributed by atoms with Crippen LogP contribution in [0.15, 0.2) is 9.95 Å². The fraction of sp³-hybridized carbons (Fsp3) is 0.526. The highest BCUT2D eigenvalue weighted by Crippen LogP contribution is 2.34. The number of hydrogen-bond acceptors (Lipinski definition) is 8. The molecular weight excluding hydrogens is 444 g/mol. The molecule has 2 aromatic heterocycles. The van der Waals surface area contributed by atoms with Gasteiger partial charge < -0.3 is 5.32 Å². The number of amides is 3. The van der Waals surface area contributed by atoms with Gasteiger partial charge in [-0.2, -0.15) is 0 Å². The van der Waals surface area contributed by atoms with E-state index in [9.17, 15) is 19.2 Å². The zero-order valence-corrected chi connectivity index (χ0v) is 19.0. The minimum absolute atomic E-state index is 0.0200. The summed E-state index contributed by atoms with van der Waals surface area (Å²) in [5.74, 6) is -0.178. The highest BCUT2D eigenvalue weighted by atomic mass is 32.2. The summed E-state index contributed by atoms with van der Waals surface area (Å²) in [5.41, 5.74) is 1.15. The Labute approximate surface area is 185 Å². The zero-order valence-electron chi connectivity index (χ0n) is 16.6. The first-order valence-electron chi connectivity index (χ1n) is 9.91. The van der Waals surface area contributed by atoms with Gasteiger partial charge in [-0.1, -0.05) is 23.5 Å². The highest BCUT2D eigenvalue weighted by Gasteiger charge is 2.29. The minimum atomic E-state index is -0.272. The summed E-state index contributed by atoms with van der Waals surface area (Å²) >= 11 is 3.81. The molecule has 3 heterocycles. The quantitative estimate of drug-likeness (QED) is 0.493. The number of aromatic nitrogens is 2. The van der Waals surface area contributed by atoms with Gasteiger partial charge in [0.25, 0.3) is 10.8 Å². The molecule has 0 atom stereocenters. The molecule has 4 rings (SSSR count). The molecule has 1 aliphatic carbocycles. The van der Waals surface area contributed by atoms with Crippen molar-refractivity contribution in [1.82, 2.24) is 19.8 Å². The Kier molecular flexibility index (Phi) is 6.49. The topological polar surface area (TPSA) is 101 Å². The Balaban J connectivity index is 1.42. The van der Waals surface area contributed by atoms with Crippen molar-refractivity contribution in [3.8, 4) is 0 Å². The molecule has 0 bridgehead atoms. The van der Waals surface area contributed by atoms with Gasteiger partial charge in [0.1, 0.15) is 4.83 Å². The molecule has 160 valence electrons. The van der Waals surface area contributed by atoms with Crippen LogP contribution in [0.25, 0.3) is 10.2 Å². The molecule has 1 N–H and O–H groups in total.